The van der Waals surface area contributed by atoms with Gasteiger partial charge in [-0.15, -0.1) is 0 Å². The molecule has 0 radical (unpaired) electrons. The van der Waals surface area contributed by atoms with Gasteiger partial charge >= 0.3 is 5.97 Å². The summed E-state index contributed by atoms with van der Waals surface area (Å²) in [6, 6.07) is 13.0. The fourth-order valence-electron chi connectivity index (χ4n) is 3.11. The number of hydrogen-bond acceptors (Lipinski definition) is 5. The Labute approximate surface area is 180 Å². The van der Waals surface area contributed by atoms with Crippen LogP contribution in [0, 0.1) is 0 Å². The van der Waals surface area contributed by atoms with Crippen molar-refractivity contribution >= 4 is 51.4 Å². The van der Waals surface area contributed by atoms with E-state index in [0.29, 0.717) is 27.9 Å². The fourth-order valence-corrected chi connectivity index (χ4v) is 3.65. The van der Waals surface area contributed by atoms with Crippen molar-refractivity contribution in [2.75, 3.05) is 18.1 Å². The molecule has 1 atom stereocenters. The molecule has 3 aromatic rings. The van der Waals surface area contributed by atoms with Gasteiger partial charge in [0, 0.05) is 28.8 Å². The second kappa shape index (κ2) is 9.33. The van der Waals surface area contributed by atoms with Crippen LogP contribution in [0.4, 0.5) is 11.4 Å². The number of carbonyl (C=O) groups excluding carboxylic acids is 1. The van der Waals surface area contributed by atoms with Crippen LogP contribution in [0.2, 0.25) is 10.0 Å². The van der Waals surface area contributed by atoms with Crippen molar-refractivity contribution in [3.63, 3.8) is 0 Å². The number of anilines is 2. The Balaban J connectivity index is 1.90. The van der Waals surface area contributed by atoms with E-state index in [2.05, 4.69) is 16.8 Å². The van der Waals surface area contributed by atoms with Gasteiger partial charge in [0.15, 0.2) is 6.10 Å². The summed E-state index contributed by atoms with van der Waals surface area (Å²) in [5.74, 6) is 0.208. The Morgan fingerprint density at radius 3 is 2.52 bits per heavy atom. The lowest BCUT2D eigenvalue weighted by molar-refractivity contribution is -0.150. The van der Waals surface area contributed by atoms with Crippen molar-refractivity contribution in [1.82, 2.24) is 4.98 Å². The van der Waals surface area contributed by atoms with E-state index in [-0.39, 0.29) is 5.97 Å². The number of aromatic nitrogens is 1. The van der Waals surface area contributed by atoms with Crippen LogP contribution in [-0.2, 0) is 9.53 Å². The average Bonchev–Trinajstić information content (AvgIpc) is 2.70. The highest BCUT2D eigenvalue weighted by molar-refractivity contribution is 6.38. The molecule has 2 aromatic carbocycles. The average molecular weight is 433 g/mol. The van der Waals surface area contributed by atoms with Gasteiger partial charge in [-0.25, -0.2) is 4.79 Å². The summed E-state index contributed by atoms with van der Waals surface area (Å²) in [5, 5.41) is 1.95. The van der Waals surface area contributed by atoms with Gasteiger partial charge in [0.2, 0.25) is 0 Å². The third-order valence-corrected chi connectivity index (χ3v) is 4.93. The largest absolute Gasteiger partial charge is 0.479 e. The minimum Gasteiger partial charge on any atom is -0.479 e. The Morgan fingerprint density at radius 2 is 1.86 bits per heavy atom. The van der Waals surface area contributed by atoms with E-state index in [1.165, 1.54) is 0 Å². The Kier molecular flexibility index (Phi) is 6.83. The highest BCUT2D eigenvalue weighted by Crippen LogP contribution is 2.36. The highest BCUT2D eigenvalue weighted by atomic mass is 35.5. The molecule has 0 saturated heterocycles. The lowest BCUT2D eigenvalue weighted by Crippen LogP contribution is -2.26. The van der Waals surface area contributed by atoms with Gasteiger partial charge in [-0.3, -0.25) is 4.98 Å². The van der Waals surface area contributed by atoms with Crippen molar-refractivity contribution < 1.29 is 14.3 Å². The first kappa shape index (κ1) is 21.2. The number of ether oxygens (including phenoxy) is 2. The van der Waals surface area contributed by atoms with Gasteiger partial charge in [0.25, 0.3) is 0 Å². The van der Waals surface area contributed by atoms with Crippen LogP contribution >= 0.6 is 23.2 Å². The van der Waals surface area contributed by atoms with Gasteiger partial charge in [-0.2, -0.15) is 0 Å². The van der Waals surface area contributed by atoms with E-state index in [0.717, 1.165) is 23.3 Å². The van der Waals surface area contributed by atoms with Crippen LogP contribution in [0.3, 0.4) is 0 Å². The van der Waals surface area contributed by atoms with E-state index in [1.807, 2.05) is 36.4 Å². The molecule has 0 N–H and O–H groups in total. The molecule has 1 heterocycles. The molecule has 3 rings (SSSR count). The number of carbonyl (C=O) groups is 1. The van der Waals surface area contributed by atoms with Crippen LogP contribution in [0.15, 0.2) is 48.7 Å². The molecule has 0 aliphatic carbocycles. The summed E-state index contributed by atoms with van der Waals surface area (Å²) < 4.78 is 10.6. The lowest BCUT2D eigenvalue weighted by Gasteiger charge is -2.25. The van der Waals surface area contributed by atoms with Crippen LogP contribution in [0.25, 0.3) is 10.9 Å². The van der Waals surface area contributed by atoms with E-state index >= 15 is 0 Å². The molecule has 5 nitrogen and oxygen atoms in total. The predicted molar refractivity (Wildman–Crippen MR) is 118 cm³/mol. The second-order valence-corrected chi connectivity index (χ2v) is 7.21. The Hall–Kier alpha value is -2.50. The normalized spacial score (nSPS) is 11.9. The summed E-state index contributed by atoms with van der Waals surface area (Å²) in [4.78, 5) is 18.3. The summed E-state index contributed by atoms with van der Waals surface area (Å²) in [5.41, 5.74) is 2.62. The fraction of sp³-hybridized carbons (Fsp3) is 0.273. The molecule has 0 amide bonds. The molecular formula is C22H22Cl2N2O3. The molecule has 29 heavy (non-hydrogen) atoms. The Bertz CT molecular complexity index is 1010. The van der Waals surface area contributed by atoms with E-state index in [1.54, 1.807) is 26.1 Å². The molecule has 0 fully saturated rings. The molecule has 0 bridgehead atoms. The first-order valence-corrected chi connectivity index (χ1v) is 10.1. The lowest BCUT2D eigenvalue weighted by atomic mass is 10.1. The van der Waals surface area contributed by atoms with Gasteiger partial charge in [0.05, 0.1) is 22.8 Å². The van der Waals surface area contributed by atoms with Gasteiger partial charge in [0.1, 0.15) is 5.75 Å². The third kappa shape index (κ3) is 4.74. The van der Waals surface area contributed by atoms with Crippen molar-refractivity contribution in [3.8, 4) is 5.75 Å². The molecular weight excluding hydrogens is 411 g/mol. The number of rotatable bonds is 7. The van der Waals surface area contributed by atoms with Crippen LogP contribution in [-0.4, -0.2) is 30.2 Å². The van der Waals surface area contributed by atoms with Gasteiger partial charge in [-0.05, 0) is 63.2 Å². The maximum absolute atomic E-state index is 11.8. The van der Waals surface area contributed by atoms with Crippen molar-refractivity contribution in [1.29, 1.82) is 0 Å². The van der Waals surface area contributed by atoms with Crippen LogP contribution in [0.5, 0.6) is 5.75 Å². The number of benzene rings is 2. The van der Waals surface area contributed by atoms with E-state index in [9.17, 15) is 4.79 Å². The number of hydrogen-bond donors (Lipinski definition) is 0. The summed E-state index contributed by atoms with van der Waals surface area (Å²) in [6.07, 6.45) is 1.06. The zero-order valence-corrected chi connectivity index (χ0v) is 18.0. The number of pyridine rings is 1. The molecule has 0 aliphatic rings. The van der Waals surface area contributed by atoms with Crippen molar-refractivity contribution in [2.45, 2.75) is 26.9 Å². The molecule has 7 heteroatoms. The Morgan fingerprint density at radius 1 is 1.14 bits per heavy atom. The molecule has 1 unspecified atom stereocenters. The van der Waals surface area contributed by atoms with Crippen LogP contribution < -0.4 is 9.64 Å². The SMILES string of the molecule is CCOC(=O)C(C)Oc1ccc(N(CC)c2ccnc3c(Cl)cc(Cl)cc23)cc1. The van der Waals surface area contributed by atoms with E-state index in [4.69, 9.17) is 32.7 Å². The zero-order chi connectivity index (χ0) is 21.0. The number of nitrogens with zero attached hydrogens (tertiary/aromatic N) is 2. The van der Waals surface area contributed by atoms with Gasteiger partial charge < -0.3 is 14.4 Å². The smallest absolute Gasteiger partial charge is 0.347 e. The van der Waals surface area contributed by atoms with Crippen LogP contribution in [0.1, 0.15) is 20.8 Å². The van der Waals surface area contributed by atoms with Gasteiger partial charge in [-0.1, -0.05) is 23.2 Å². The summed E-state index contributed by atoms with van der Waals surface area (Å²) in [7, 11) is 0. The first-order valence-electron chi connectivity index (χ1n) is 9.39. The topological polar surface area (TPSA) is 51.7 Å². The monoisotopic (exact) mass is 432 g/mol. The molecule has 0 aliphatic heterocycles. The first-order chi connectivity index (χ1) is 13.9. The number of fused-ring (bicyclic) bond motifs is 1. The summed E-state index contributed by atoms with van der Waals surface area (Å²) >= 11 is 12.5. The summed E-state index contributed by atoms with van der Waals surface area (Å²) in [6.45, 7) is 6.54. The molecule has 1 aromatic heterocycles. The maximum Gasteiger partial charge on any atom is 0.347 e. The third-order valence-electron chi connectivity index (χ3n) is 4.43. The highest BCUT2D eigenvalue weighted by Gasteiger charge is 2.17. The second-order valence-electron chi connectivity index (χ2n) is 6.36. The minimum atomic E-state index is -0.670. The minimum absolute atomic E-state index is 0.324. The number of halogens is 2. The van der Waals surface area contributed by atoms with Crippen molar-refractivity contribution in [2.24, 2.45) is 0 Å². The molecule has 152 valence electrons. The molecule has 0 saturated carbocycles. The quantitative estimate of drug-likeness (QED) is 0.426. The van der Waals surface area contributed by atoms with Crippen molar-refractivity contribution in [3.05, 3.63) is 58.7 Å². The predicted octanol–water partition coefficient (Wildman–Crippen LogP) is 6.03. The standard InChI is InChI=1S/C22H22Cl2N2O3/c1-4-26(20-10-11-25-21-18(20)12-15(23)13-19(21)24)16-6-8-17(9-7-16)29-14(3)22(27)28-5-2/h6-14H,4-5H2,1-3H3. The number of esters is 1. The van der Waals surface area contributed by atoms with E-state index < -0.39 is 6.10 Å². The zero-order valence-electron chi connectivity index (χ0n) is 16.5. The molecule has 0 spiro atoms. The maximum atomic E-state index is 11.8.